The summed E-state index contributed by atoms with van der Waals surface area (Å²) >= 11 is 0. The van der Waals surface area contributed by atoms with Crippen LogP contribution in [0.2, 0.25) is 0 Å². The summed E-state index contributed by atoms with van der Waals surface area (Å²) in [5.74, 6) is 1.93. The fourth-order valence-electron chi connectivity index (χ4n) is 6.19. The molecule has 2 N–H and O–H groups in total. The summed E-state index contributed by atoms with van der Waals surface area (Å²) in [6.07, 6.45) is 6.42. The zero-order valence-corrected chi connectivity index (χ0v) is 17.6. The van der Waals surface area contributed by atoms with Crippen molar-refractivity contribution in [2.75, 3.05) is 0 Å². The van der Waals surface area contributed by atoms with Crippen LogP contribution in [0.15, 0.2) is 16.8 Å². The average Bonchev–Trinajstić information content (AvgIpc) is 3.22. The molecule has 7 heteroatoms. The third kappa shape index (κ3) is 3.10. The number of aryl methyl sites for hydroxylation is 1. The highest BCUT2D eigenvalue weighted by atomic mass is 16.5. The van der Waals surface area contributed by atoms with E-state index in [1.807, 2.05) is 17.7 Å². The molecule has 0 saturated heterocycles. The Morgan fingerprint density at radius 2 is 1.97 bits per heavy atom. The van der Waals surface area contributed by atoms with Crippen LogP contribution < -0.4 is 5.32 Å². The van der Waals surface area contributed by atoms with Gasteiger partial charge < -0.3 is 14.9 Å². The van der Waals surface area contributed by atoms with Crippen molar-refractivity contribution in [3.8, 4) is 11.4 Å². The number of hydrogen-bond acceptors (Lipinski definition) is 5. The Labute approximate surface area is 170 Å². The lowest BCUT2D eigenvalue weighted by atomic mass is 9.52. The van der Waals surface area contributed by atoms with Crippen LogP contribution in [0, 0.1) is 24.7 Å². The van der Waals surface area contributed by atoms with Crippen molar-refractivity contribution < 1.29 is 14.4 Å². The Kier molecular flexibility index (Phi) is 4.01. The number of aliphatic hydroxyl groups is 1. The molecule has 2 heterocycles. The van der Waals surface area contributed by atoms with E-state index in [0.29, 0.717) is 40.5 Å². The highest BCUT2D eigenvalue weighted by Crippen LogP contribution is 2.55. The number of rotatable bonds is 3. The van der Waals surface area contributed by atoms with E-state index in [1.165, 1.54) is 0 Å². The van der Waals surface area contributed by atoms with Gasteiger partial charge in [0.2, 0.25) is 0 Å². The summed E-state index contributed by atoms with van der Waals surface area (Å²) in [7, 11) is 0. The molecule has 4 aliphatic carbocycles. The van der Waals surface area contributed by atoms with Gasteiger partial charge >= 0.3 is 0 Å². The maximum absolute atomic E-state index is 13.4. The Morgan fingerprint density at radius 3 is 2.52 bits per heavy atom. The lowest BCUT2D eigenvalue weighted by molar-refractivity contribution is -0.136. The third-order valence-electron chi connectivity index (χ3n) is 7.06. The highest BCUT2D eigenvalue weighted by molar-refractivity contribution is 5.99. The predicted molar refractivity (Wildman–Crippen MR) is 107 cm³/mol. The first-order valence-electron chi connectivity index (χ1n) is 10.7. The zero-order valence-electron chi connectivity index (χ0n) is 17.6. The van der Waals surface area contributed by atoms with Gasteiger partial charge in [-0.3, -0.25) is 9.48 Å². The molecule has 2 aromatic heterocycles. The normalized spacial score (nSPS) is 33.3. The zero-order chi connectivity index (χ0) is 20.6. The van der Waals surface area contributed by atoms with Crippen LogP contribution >= 0.6 is 0 Å². The molecule has 2 unspecified atom stereocenters. The summed E-state index contributed by atoms with van der Waals surface area (Å²) in [6.45, 7) is 8.00. The lowest BCUT2D eigenvalue weighted by Crippen LogP contribution is -2.61. The largest absolute Gasteiger partial charge is 0.390 e. The van der Waals surface area contributed by atoms with E-state index < -0.39 is 5.60 Å². The van der Waals surface area contributed by atoms with Gasteiger partial charge in [0.25, 0.3) is 5.91 Å². The number of carbonyl (C=O) groups excluding carboxylic acids is 1. The number of hydrogen-bond donors (Lipinski definition) is 2. The first-order valence-corrected chi connectivity index (χ1v) is 10.7. The second-order valence-corrected chi connectivity index (χ2v) is 10.5. The van der Waals surface area contributed by atoms with Crippen molar-refractivity contribution in [1.29, 1.82) is 0 Å². The van der Waals surface area contributed by atoms with Gasteiger partial charge in [-0.05, 0) is 77.6 Å². The van der Waals surface area contributed by atoms with E-state index in [9.17, 15) is 9.90 Å². The van der Waals surface area contributed by atoms with E-state index in [1.54, 1.807) is 6.20 Å². The van der Waals surface area contributed by atoms with Crippen molar-refractivity contribution in [2.24, 2.45) is 17.8 Å². The minimum Gasteiger partial charge on any atom is -0.390 e. The molecular weight excluding hydrogens is 368 g/mol. The van der Waals surface area contributed by atoms with Crippen LogP contribution in [-0.4, -0.2) is 37.6 Å². The Bertz CT molecular complexity index is 938. The quantitative estimate of drug-likeness (QED) is 0.828. The molecule has 0 spiro atoms. The average molecular weight is 399 g/mol. The summed E-state index contributed by atoms with van der Waals surface area (Å²) in [6, 6.07) is 1.97. The van der Waals surface area contributed by atoms with Gasteiger partial charge in [-0.25, -0.2) is 0 Å². The van der Waals surface area contributed by atoms with Gasteiger partial charge in [0.15, 0.2) is 0 Å². The van der Waals surface area contributed by atoms with Crippen molar-refractivity contribution in [3.63, 3.8) is 0 Å². The first kappa shape index (κ1) is 18.9. The summed E-state index contributed by atoms with van der Waals surface area (Å²) < 4.78 is 7.12. The van der Waals surface area contributed by atoms with Gasteiger partial charge in [0.1, 0.15) is 17.1 Å². The molecule has 0 aliphatic heterocycles. The van der Waals surface area contributed by atoms with E-state index in [-0.39, 0.29) is 17.5 Å². The van der Waals surface area contributed by atoms with Gasteiger partial charge in [0, 0.05) is 12.1 Å². The second kappa shape index (κ2) is 6.17. The minimum atomic E-state index is -0.502. The van der Waals surface area contributed by atoms with E-state index >= 15 is 0 Å². The molecule has 4 bridgehead atoms. The molecule has 0 radical (unpaired) electrons. The van der Waals surface area contributed by atoms with Crippen LogP contribution in [0.3, 0.4) is 0 Å². The standard InChI is InChI=1S/C22H30N4O3/c1-12-5-17(25-29-12)19-16(11-23-26(19)21(2,3)4)20(27)24-18-14-6-13-7-15(18)10-22(28,8-13)9-14/h5,11,13-15,18,28H,6-10H2,1-4H3,(H,24,27). The minimum absolute atomic E-state index is 0.111. The van der Waals surface area contributed by atoms with E-state index in [0.717, 1.165) is 32.1 Å². The molecule has 4 saturated carbocycles. The number of amides is 1. The van der Waals surface area contributed by atoms with Crippen LogP contribution in [0.25, 0.3) is 11.4 Å². The van der Waals surface area contributed by atoms with Crippen molar-refractivity contribution in [2.45, 2.75) is 77.0 Å². The molecule has 0 aromatic carbocycles. The van der Waals surface area contributed by atoms with E-state index in [2.05, 4.69) is 36.3 Å². The van der Waals surface area contributed by atoms with Crippen molar-refractivity contribution >= 4 is 5.91 Å². The molecule has 29 heavy (non-hydrogen) atoms. The molecule has 2 atom stereocenters. The monoisotopic (exact) mass is 398 g/mol. The SMILES string of the molecule is Cc1cc(-c2c(C(=O)NC3C4CC5CC3CC(O)(C5)C4)cnn2C(C)(C)C)no1. The molecule has 4 fully saturated rings. The predicted octanol–water partition coefficient (Wildman–Crippen LogP) is 3.27. The number of carbonyl (C=O) groups is 1. The van der Waals surface area contributed by atoms with E-state index in [4.69, 9.17) is 4.52 Å². The van der Waals surface area contributed by atoms with Gasteiger partial charge in [-0.1, -0.05) is 5.16 Å². The molecule has 156 valence electrons. The number of nitrogens with zero attached hydrogens (tertiary/aromatic N) is 3. The van der Waals surface area contributed by atoms with Crippen LogP contribution in [0.1, 0.15) is 69.0 Å². The van der Waals surface area contributed by atoms with Gasteiger partial charge in [0.05, 0.1) is 22.9 Å². The third-order valence-corrected chi connectivity index (χ3v) is 7.06. The Morgan fingerprint density at radius 1 is 1.28 bits per heavy atom. The Balaban J connectivity index is 1.46. The molecule has 7 nitrogen and oxygen atoms in total. The molecule has 1 amide bonds. The fraction of sp³-hybridized carbons (Fsp3) is 0.682. The van der Waals surface area contributed by atoms with Gasteiger partial charge in [-0.2, -0.15) is 5.10 Å². The summed E-state index contributed by atoms with van der Waals surface area (Å²) in [5, 5.41) is 22.8. The van der Waals surface area contributed by atoms with Crippen molar-refractivity contribution in [1.82, 2.24) is 20.3 Å². The maximum Gasteiger partial charge on any atom is 0.255 e. The van der Waals surface area contributed by atoms with Crippen LogP contribution in [0.4, 0.5) is 0 Å². The molecule has 2 aromatic rings. The van der Waals surface area contributed by atoms with Crippen LogP contribution in [-0.2, 0) is 5.54 Å². The number of nitrogens with one attached hydrogen (secondary N) is 1. The van der Waals surface area contributed by atoms with Crippen LogP contribution in [0.5, 0.6) is 0 Å². The summed E-state index contributed by atoms with van der Waals surface area (Å²) in [5.41, 5.74) is 1.04. The Hall–Kier alpha value is -2.15. The second-order valence-electron chi connectivity index (χ2n) is 10.5. The summed E-state index contributed by atoms with van der Waals surface area (Å²) in [4.78, 5) is 13.4. The first-order chi connectivity index (χ1) is 13.6. The lowest BCUT2D eigenvalue weighted by Gasteiger charge is -2.58. The topological polar surface area (TPSA) is 93.2 Å². The smallest absolute Gasteiger partial charge is 0.255 e. The molecule has 4 aliphatic rings. The molecule has 6 rings (SSSR count). The maximum atomic E-state index is 13.4. The fourth-order valence-corrected chi connectivity index (χ4v) is 6.19. The van der Waals surface area contributed by atoms with Gasteiger partial charge in [-0.15, -0.1) is 0 Å². The molecular formula is C22H30N4O3. The van der Waals surface area contributed by atoms with Crippen molar-refractivity contribution in [3.05, 3.63) is 23.6 Å². The number of aromatic nitrogens is 3. The highest BCUT2D eigenvalue weighted by Gasteiger charge is 2.55.